The molecule has 1 unspecified atom stereocenters. The molecule has 0 bridgehead atoms. The van der Waals surface area contributed by atoms with Crippen molar-refractivity contribution in [2.75, 3.05) is 19.7 Å². The number of ether oxygens (including phenoxy) is 2. The SMILES string of the molecule is CCOc1ccccc1OC(C)CNCCC(C)C. The summed E-state index contributed by atoms with van der Waals surface area (Å²) in [5.41, 5.74) is 0. The van der Waals surface area contributed by atoms with Crippen LogP contribution in [-0.4, -0.2) is 25.8 Å². The molecule has 3 heteroatoms. The van der Waals surface area contributed by atoms with Gasteiger partial charge in [0, 0.05) is 6.54 Å². The van der Waals surface area contributed by atoms with E-state index in [1.54, 1.807) is 0 Å². The van der Waals surface area contributed by atoms with Gasteiger partial charge < -0.3 is 14.8 Å². The van der Waals surface area contributed by atoms with Gasteiger partial charge in [-0.3, -0.25) is 0 Å². The summed E-state index contributed by atoms with van der Waals surface area (Å²) >= 11 is 0. The second kappa shape index (κ2) is 8.81. The average Bonchev–Trinajstić information content (AvgIpc) is 2.37. The zero-order valence-electron chi connectivity index (χ0n) is 12.6. The molecule has 1 aromatic rings. The Kier molecular flexibility index (Phi) is 7.34. The Morgan fingerprint density at radius 1 is 1.11 bits per heavy atom. The molecular weight excluding hydrogens is 238 g/mol. The van der Waals surface area contributed by atoms with Crippen molar-refractivity contribution >= 4 is 0 Å². The molecule has 0 radical (unpaired) electrons. The van der Waals surface area contributed by atoms with Crippen LogP contribution in [0.5, 0.6) is 11.5 Å². The summed E-state index contributed by atoms with van der Waals surface area (Å²) in [6.07, 6.45) is 1.33. The van der Waals surface area contributed by atoms with Gasteiger partial charge in [-0.1, -0.05) is 26.0 Å². The van der Waals surface area contributed by atoms with Crippen LogP contribution >= 0.6 is 0 Å². The predicted molar refractivity (Wildman–Crippen MR) is 80.0 cm³/mol. The third-order valence-corrected chi connectivity index (χ3v) is 2.81. The molecule has 1 N–H and O–H groups in total. The van der Waals surface area contributed by atoms with Crippen LogP contribution < -0.4 is 14.8 Å². The van der Waals surface area contributed by atoms with Crippen LogP contribution in [0, 0.1) is 5.92 Å². The minimum Gasteiger partial charge on any atom is -0.490 e. The summed E-state index contributed by atoms with van der Waals surface area (Å²) in [6, 6.07) is 7.83. The van der Waals surface area contributed by atoms with Gasteiger partial charge in [-0.25, -0.2) is 0 Å². The van der Waals surface area contributed by atoms with Gasteiger partial charge in [0.25, 0.3) is 0 Å². The molecule has 108 valence electrons. The Labute approximate surface area is 117 Å². The molecule has 0 aliphatic carbocycles. The van der Waals surface area contributed by atoms with Crippen LogP contribution in [0.1, 0.15) is 34.1 Å². The first-order valence-electron chi connectivity index (χ1n) is 7.22. The Balaban J connectivity index is 2.37. The lowest BCUT2D eigenvalue weighted by atomic mass is 10.1. The number of hydrogen-bond donors (Lipinski definition) is 1. The lowest BCUT2D eigenvalue weighted by Crippen LogP contribution is -2.30. The van der Waals surface area contributed by atoms with Crippen molar-refractivity contribution < 1.29 is 9.47 Å². The van der Waals surface area contributed by atoms with Crippen LogP contribution in [0.4, 0.5) is 0 Å². The van der Waals surface area contributed by atoms with Crippen molar-refractivity contribution in [3.8, 4) is 11.5 Å². The molecule has 0 aliphatic rings. The van der Waals surface area contributed by atoms with Crippen molar-refractivity contribution in [1.82, 2.24) is 5.32 Å². The number of para-hydroxylation sites is 2. The summed E-state index contributed by atoms with van der Waals surface area (Å²) in [5, 5.41) is 3.42. The normalized spacial score (nSPS) is 12.5. The molecule has 3 nitrogen and oxygen atoms in total. The predicted octanol–water partition coefficient (Wildman–Crippen LogP) is 3.49. The molecule has 0 heterocycles. The van der Waals surface area contributed by atoms with E-state index in [4.69, 9.17) is 9.47 Å². The number of benzene rings is 1. The molecule has 1 rings (SSSR count). The third kappa shape index (κ3) is 6.48. The van der Waals surface area contributed by atoms with Gasteiger partial charge >= 0.3 is 0 Å². The van der Waals surface area contributed by atoms with E-state index in [9.17, 15) is 0 Å². The van der Waals surface area contributed by atoms with Crippen LogP contribution in [-0.2, 0) is 0 Å². The van der Waals surface area contributed by atoms with Crippen LogP contribution in [0.3, 0.4) is 0 Å². The van der Waals surface area contributed by atoms with Crippen LogP contribution in [0.2, 0.25) is 0 Å². The maximum atomic E-state index is 5.92. The summed E-state index contributed by atoms with van der Waals surface area (Å²) in [4.78, 5) is 0. The smallest absolute Gasteiger partial charge is 0.161 e. The molecule has 1 aromatic carbocycles. The standard InChI is InChI=1S/C16H27NO2/c1-5-18-15-8-6-7-9-16(15)19-14(4)12-17-11-10-13(2)3/h6-9,13-14,17H,5,10-12H2,1-4H3. The van der Waals surface area contributed by atoms with Gasteiger partial charge in [0.1, 0.15) is 6.10 Å². The summed E-state index contributed by atoms with van der Waals surface area (Å²) in [7, 11) is 0. The molecule has 0 fully saturated rings. The fourth-order valence-electron chi connectivity index (χ4n) is 1.78. The van der Waals surface area contributed by atoms with Crippen molar-refractivity contribution in [3.63, 3.8) is 0 Å². The highest BCUT2D eigenvalue weighted by atomic mass is 16.5. The zero-order chi connectivity index (χ0) is 14.1. The lowest BCUT2D eigenvalue weighted by Gasteiger charge is -2.18. The van der Waals surface area contributed by atoms with Gasteiger partial charge in [-0.2, -0.15) is 0 Å². The van der Waals surface area contributed by atoms with E-state index in [2.05, 4.69) is 26.1 Å². The summed E-state index contributed by atoms with van der Waals surface area (Å²) < 4.78 is 11.5. The highest BCUT2D eigenvalue weighted by Gasteiger charge is 2.08. The average molecular weight is 265 g/mol. The minimum atomic E-state index is 0.133. The van der Waals surface area contributed by atoms with Crippen molar-refractivity contribution in [1.29, 1.82) is 0 Å². The van der Waals surface area contributed by atoms with E-state index in [1.807, 2.05) is 31.2 Å². The number of rotatable bonds is 9. The molecule has 0 aromatic heterocycles. The second-order valence-electron chi connectivity index (χ2n) is 5.19. The lowest BCUT2D eigenvalue weighted by molar-refractivity contribution is 0.203. The fourth-order valence-corrected chi connectivity index (χ4v) is 1.78. The second-order valence-corrected chi connectivity index (χ2v) is 5.19. The molecule has 0 amide bonds. The molecule has 0 saturated carbocycles. The highest BCUT2D eigenvalue weighted by Crippen LogP contribution is 2.27. The first kappa shape index (κ1) is 15.8. The zero-order valence-corrected chi connectivity index (χ0v) is 12.6. The van der Waals surface area contributed by atoms with E-state index < -0.39 is 0 Å². The Morgan fingerprint density at radius 2 is 1.79 bits per heavy atom. The van der Waals surface area contributed by atoms with Gasteiger partial charge in [0.2, 0.25) is 0 Å². The van der Waals surface area contributed by atoms with Crippen molar-refractivity contribution in [2.24, 2.45) is 5.92 Å². The van der Waals surface area contributed by atoms with Crippen molar-refractivity contribution in [3.05, 3.63) is 24.3 Å². The Bertz CT molecular complexity index is 352. The van der Waals surface area contributed by atoms with Gasteiger partial charge in [0.05, 0.1) is 6.61 Å². The van der Waals surface area contributed by atoms with E-state index >= 15 is 0 Å². The van der Waals surface area contributed by atoms with E-state index in [0.717, 1.165) is 30.5 Å². The first-order valence-corrected chi connectivity index (χ1v) is 7.22. The number of nitrogens with one attached hydrogen (secondary N) is 1. The van der Waals surface area contributed by atoms with E-state index in [1.165, 1.54) is 6.42 Å². The van der Waals surface area contributed by atoms with Gasteiger partial charge in [0.15, 0.2) is 11.5 Å². The van der Waals surface area contributed by atoms with E-state index in [-0.39, 0.29) is 6.10 Å². The molecule has 19 heavy (non-hydrogen) atoms. The molecule has 0 aliphatic heterocycles. The Morgan fingerprint density at radius 3 is 2.42 bits per heavy atom. The molecule has 1 atom stereocenters. The fraction of sp³-hybridized carbons (Fsp3) is 0.625. The first-order chi connectivity index (χ1) is 9.13. The summed E-state index contributed by atoms with van der Waals surface area (Å²) in [6.45, 7) is 11.1. The monoisotopic (exact) mass is 265 g/mol. The quantitative estimate of drug-likeness (QED) is 0.693. The third-order valence-electron chi connectivity index (χ3n) is 2.81. The minimum absolute atomic E-state index is 0.133. The van der Waals surface area contributed by atoms with Crippen LogP contribution in [0.25, 0.3) is 0 Å². The van der Waals surface area contributed by atoms with Crippen LogP contribution in [0.15, 0.2) is 24.3 Å². The van der Waals surface area contributed by atoms with E-state index in [0.29, 0.717) is 6.61 Å². The molecular formula is C16H27NO2. The van der Waals surface area contributed by atoms with Gasteiger partial charge in [-0.05, 0) is 44.9 Å². The Hall–Kier alpha value is -1.22. The van der Waals surface area contributed by atoms with Crippen molar-refractivity contribution in [2.45, 2.75) is 40.2 Å². The summed E-state index contributed by atoms with van der Waals surface area (Å²) in [5.74, 6) is 2.38. The maximum Gasteiger partial charge on any atom is 0.161 e. The highest BCUT2D eigenvalue weighted by molar-refractivity contribution is 5.39. The largest absolute Gasteiger partial charge is 0.490 e. The maximum absolute atomic E-state index is 5.92. The topological polar surface area (TPSA) is 30.5 Å². The molecule has 0 saturated heterocycles. The molecule has 0 spiro atoms. The number of hydrogen-bond acceptors (Lipinski definition) is 3. The van der Waals surface area contributed by atoms with Gasteiger partial charge in [-0.15, -0.1) is 0 Å².